The summed E-state index contributed by atoms with van der Waals surface area (Å²) in [6.45, 7) is -0.554. The van der Waals surface area contributed by atoms with Gasteiger partial charge in [0.1, 0.15) is 44.7 Å². The summed E-state index contributed by atoms with van der Waals surface area (Å²) in [7, 11) is -3.13. The number of rotatable bonds is 6. The summed E-state index contributed by atoms with van der Waals surface area (Å²) in [6, 6.07) is 0. The summed E-state index contributed by atoms with van der Waals surface area (Å²) in [5.74, 6) is -0.0821. The van der Waals surface area contributed by atoms with Gasteiger partial charge in [-0.25, -0.2) is 8.42 Å². The molecular formula is C11H21NO8S2. The van der Waals surface area contributed by atoms with E-state index in [-0.39, 0.29) is 23.6 Å². The Morgan fingerprint density at radius 3 is 2.36 bits per heavy atom. The molecular weight excluding hydrogens is 338 g/mol. The average Bonchev–Trinajstić information content (AvgIpc) is 2.45. The zero-order valence-electron chi connectivity index (χ0n) is 11.9. The first-order chi connectivity index (χ1) is 10.2. The number of hydrogen-bond acceptors (Lipinski definition) is 10. The van der Waals surface area contributed by atoms with Crippen LogP contribution in [0.5, 0.6) is 0 Å². The van der Waals surface area contributed by atoms with Gasteiger partial charge < -0.3 is 30.4 Å². The SMILES string of the molecule is CS(=O)(=O)CCC/C(=N\O)S[C@@H]1O[C@H](CO)[C@@H](O)[C@H](O)[C@H]1O. The molecule has 1 aliphatic rings. The second-order valence-electron chi connectivity index (χ2n) is 5.04. The number of aliphatic hydroxyl groups is 4. The van der Waals surface area contributed by atoms with Crippen LogP contribution >= 0.6 is 11.8 Å². The number of aliphatic hydroxyl groups excluding tert-OH is 4. The molecule has 0 aromatic heterocycles. The molecule has 0 aromatic carbocycles. The second-order valence-corrected chi connectivity index (χ2v) is 8.47. The lowest BCUT2D eigenvalue weighted by Crippen LogP contribution is -2.57. The quantitative estimate of drug-likeness (QED) is 0.159. The highest BCUT2D eigenvalue weighted by Crippen LogP contribution is 2.30. The van der Waals surface area contributed by atoms with Crippen LogP contribution in [0.1, 0.15) is 12.8 Å². The zero-order chi connectivity index (χ0) is 16.9. The first kappa shape index (κ1) is 19.6. The van der Waals surface area contributed by atoms with E-state index in [9.17, 15) is 23.7 Å². The van der Waals surface area contributed by atoms with Crippen molar-refractivity contribution >= 4 is 26.6 Å². The van der Waals surface area contributed by atoms with Crippen molar-refractivity contribution in [1.82, 2.24) is 0 Å². The van der Waals surface area contributed by atoms with Gasteiger partial charge in [-0.15, -0.1) is 0 Å². The van der Waals surface area contributed by atoms with Gasteiger partial charge in [0.2, 0.25) is 0 Å². The van der Waals surface area contributed by atoms with E-state index in [0.717, 1.165) is 18.0 Å². The van der Waals surface area contributed by atoms with Crippen molar-refractivity contribution in [2.75, 3.05) is 18.6 Å². The Hall–Kier alpha value is -0.430. The zero-order valence-corrected chi connectivity index (χ0v) is 13.6. The van der Waals surface area contributed by atoms with Crippen LogP contribution in [0, 0.1) is 0 Å². The van der Waals surface area contributed by atoms with Gasteiger partial charge in [-0.1, -0.05) is 16.9 Å². The lowest BCUT2D eigenvalue weighted by atomic mass is 10.0. The molecule has 0 saturated carbocycles. The standard InChI is InChI=1S/C11H21NO8S2/c1-22(18,19)4-2-3-7(12-17)21-11-10(16)9(15)8(14)6(5-13)20-11/h6,8-11,13-17H,2-5H2,1H3/b12-7+/t6-,8-,9+,10-,11+/m1/s1. The van der Waals surface area contributed by atoms with E-state index in [2.05, 4.69) is 5.16 Å². The highest BCUT2D eigenvalue weighted by atomic mass is 32.2. The van der Waals surface area contributed by atoms with Gasteiger partial charge in [-0.3, -0.25) is 0 Å². The van der Waals surface area contributed by atoms with Crippen LogP contribution in [-0.2, 0) is 14.6 Å². The predicted molar refractivity (Wildman–Crippen MR) is 79.5 cm³/mol. The number of sulfone groups is 1. The van der Waals surface area contributed by atoms with E-state index in [1.807, 2.05) is 0 Å². The molecule has 9 nitrogen and oxygen atoms in total. The molecule has 0 unspecified atom stereocenters. The van der Waals surface area contributed by atoms with Crippen LogP contribution < -0.4 is 0 Å². The summed E-state index contributed by atoms with van der Waals surface area (Å²) in [6.07, 6.45) is -4.02. The molecule has 0 amide bonds. The Bertz CT molecular complexity index is 480. The molecule has 0 spiro atoms. The molecule has 0 aromatic rings. The van der Waals surface area contributed by atoms with E-state index >= 15 is 0 Å². The van der Waals surface area contributed by atoms with Gasteiger partial charge in [0.05, 0.1) is 12.4 Å². The van der Waals surface area contributed by atoms with Crippen LogP contribution in [0.2, 0.25) is 0 Å². The molecule has 1 heterocycles. The first-order valence-electron chi connectivity index (χ1n) is 6.55. The van der Waals surface area contributed by atoms with Gasteiger partial charge >= 0.3 is 0 Å². The highest BCUT2D eigenvalue weighted by molar-refractivity contribution is 8.14. The number of ether oxygens (including phenoxy) is 1. The lowest BCUT2D eigenvalue weighted by molar-refractivity contribution is -0.205. The van der Waals surface area contributed by atoms with Gasteiger partial charge in [-0.2, -0.15) is 0 Å². The fourth-order valence-corrected chi connectivity index (χ4v) is 3.66. The van der Waals surface area contributed by atoms with Crippen molar-refractivity contribution in [3.05, 3.63) is 0 Å². The number of hydrogen-bond donors (Lipinski definition) is 5. The maximum Gasteiger partial charge on any atom is 0.147 e. The van der Waals surface area contributed by atoms with Crippen LogP contribution in [0.4, 0.5) is 0 Å². The van der Waals surface area contributed by atoms with Crippen molar-refractivity contribution < 1.29 is 38.8 Å². The summed E-state index contributed by atoms with van der Waals surface area (Å²) < 4.78 is 27.3. The molecule has 22 heavy (non-hydrogen) atoms. The summed E-state index contributed by atoms with van der Waals surface area (Å²) in [4.78, 5) is 0. The van der Waals surface area contributed by atoms with Crippen LogP contribution in [0.25, 0.3) is 0 Å². The molecule has 1 aliphatic heterocycles. The second kappa shape index (κ2) is 8.43. The molecule has 1 rings (SSSR count). The molecule has 5 atom stereocenters. The van der Waals surface area contributed by atoms with Crippen molar-refractivity contribution in [2.24, 2.45) is 5.16 Å². The van der Waals surface area contributed by atoms with Crippen LogP contribution in [-0.4, -0.2) is 87.6 Å². The Labute approximate surface area is 132 Å². The monoisotopic (exact) mass is 359 g/mol. The van der Waals surface area contributed by atoms with E-state index in [0.29, 0.717) is 0 Å². The third kappa shape index (κ3) is 5.65. The van der Waals surface area contributed by atoms with Gasteiger partial charge in [0.25, 0.3) is 0 Å². The maximum absolute atomic E-state index is 11.0. The summed E-state index contributed by atoms with van der Waals surface area (Å²) in [5, 5.41) is 50.3. The number of nitrogens with zero attached hydrogens (tertiary/aromatic N) is 1. The van der Waals surface area contributed by atoms with E-state index in [4.69, 9.17) is 15.1 Å². The minimum Gasteiger partial charge on any atom is -0.410 e. The summed E-state index contributed by atoms with van der Waals surface area (Å²) in [5.41, 5.74) is -1.06. The fourth-order valence-electron chi connectivity index (χ4n) is 1.92. The molecule has 0 bridgehead atoms. The average molecular weight is 359 g/mol. The van der Waals surface area contributed by atoms with Crippen LogP contribution in [0.15, 0.2) is 5.16 Å². The molecule has 1 saturated heterocycles. The maximum atomic E-state index is 11.0. The molecule has 0 radical (unpaired) electrons. The number of thioether (sulfide) groups is 1. The molecule has 11 heteroatoms. The lowest BCUT2D eigenvalue weighted by Gasteiger charge is -2.39. The van der Waals surface area contributed by atoms with Gasteiger partial charge in [0.15, 0.2) is 0 Å². The number of oxime groups is 1. The van der Waals surface area contributed by atoms with Gasteiger partial charge in [-0.05, 0) is 6.42 Å². The van der Waals surface area contributed by atoms with Crippen molar-refractivity contribution in [3.63, 3.8) is 0 Å². The van der Waals surface area contributed by atoms with E-state index < -0.39 is 46.3 Å². The van der Waals surface area contributed by atoms with Crippen LogP contribution in [0.3, 0.4) is 0 Å². The Morgan fingerprint density at radius 1 is 1.23 bits per heavy atom. The predicted octanol–water partition coefficient (Wildman–Crippen LogP) is -1.87. The van der Waals surface area contributed by atoms with Gasteiger partial charge in [0, 0.05) is 12.7 Å². The minimum absolute atomic E-state index is 0.0821. The Balaban J connectivity index is 2.62. The topological polar surface area (TPSA) is 157 Å². The molecule has 130 valence electrons. The highest BCUT2D eigenvalue weighted by Gasteiger charge is 2.44. The van der Waals surface area contributed by atoms with Crippen molar-refractivity contribution in [3.8, 4) is 0 Å². The van der Waals surface area contributed by atoms with Crippen molar-refractivity contribution in [1.29, 1.82) is 0 Å². The largest absolute Gasteiger partial charge is 0.410 e. The molecule has 1 fully saturated rings. The minimum atomic E-state index is -3.13. The third-order valence-corrected chi connectivity index (χ3v) is 5.33. The molecule has 0 aliphatic carbocycles. The summed E-state index contributed by atoms with van der Waals surface area (Å²) >= 11 is 0.800. The first-order valence-corrected chi connectivity index (χ1v) is 9.49. The smallest absolute Gasteiger partial charge is 0.147 e. The van der Waals surface area contributed by atoms with E-state index in [1.165, 1.54) is 0 Å². The normalized spacial score (nSPS) is 33.9. The van der Waals surface area contributed by atoms with E-state index in [1.54, 1.807) is 0 Å². The Morgan fingerprint density at radius 2 is 1.86 bits per heavy atom. The Kier molecular flexibility index (Phi) is 7.52. The molecule has 5 N–H and O–H groups in total. The third-order valence-electron chi connectivity index (χ3n) is 3.12. The fraction of sp³-hybridized carbons (Fsp3) is 0.909. The van der Waals surface area contributed by atoms with Crippen molar-refractivity contribution in [2.45, 2.75) is 42.7 Å².